The third-order valence-electron chi connectivity index (χ3n) is 3.21. The van der Waals surface area contributed by atoms with E-state index in [1.807, 2.05) is 30.3 Å². The second kappa shape index (κ2) is 9.75. The average molecular weight is 353 g/mol. The van der Waals surface area contributed by atoms with E-state index in [4.69, 9.17) is 19.9 Å². The number of rotatable bonds is 7. The van der Waals surface area contributed by atoms with Gasteiger partial charge in [0.1, 0.15) is 6.61 Å². The second-order valence-electron chi connectivity index (χ2n) is 4.95. The van der Waals surface area contributed by atoms with Gasteiger partial charge in [-0.1, -0.05) is 30.3 Å². The fourth-order valence-corrected chi connectivity index (χ4v) is 2.07. The lowest BCUT2D eigenvalue weighted by Gasteiger charge is -2.15. The maximum Gasteiger partial charge on any atom is 0.360 e. The van der Waals surface area contributed by atoms with Crippen molar-refractivity contribution in [1.82, 2.24) is 4.98 Å². The van der Waals surface area contributed by atoms with Crippen LogP contribution in [0, 0.1) is 0 Å². The van der Waals surface area contributed by atoms with E-state index in [9.17, 15) is 4.79 Å². The Balaban J connectivity index is 0.00000288. The van der Waals surface area contributed by atoms with Gasteiger partial charge in [0.15, 0.2) is 11.4 Å². The van der Waals surface area contributed by atoms with Gasteiger partial charge in [0, 0.05) is 12.1 Å². The van der Waals surface area contributed by atoms with Crippen LogP contribution in [-0.4, -0.2) is 37.8 Å². The van der Waals surface area contributed by atoms with Crippen molar-refractivity contribution in [2.45, 2.75) is 12.5 Å². The fourth-order valence-electron chi connectivity index (χ4n) is 2.07. The molecule has 0 bridgehead atoms. The molecule has 0 aliphatic carbocycles. The molecule has 0 aliphatic heterocycles. The number of carbonyl (C=O) groups is 1. The van der Waals surface area contributed by atoms with Crippen molar-refractivity contribution in [2.75, 3.05) is 20.8 Å². The SMILES string of the molecule is COC(=O)c1nc(OC)ccc1OC[C@H](N)Cc1ccccc1.Cl. The van der Waals surface area contributed by atoms with Gasteiger partial charge in [-0.25, -0.2) is 9.78 Å². The topological polar surface area (TPSA) is 83.7 Å². The molecule has 24 heavy (non-hydrogen) atoms. The van der Waals surface area contributed by atoms with Crippen LogP contribution < -0.4 is 15.2 Å². The minimum atomic E-state index is -0.587. The largest absolute Gasteiger partial charge is 0.489 e. The number of pyridine rings is 1. The summed E-state index contributed by atoms with van der Waals surface area (Å²) < 4.78 is 15.4. The molecule has 0 aliphatic rings. The summed E-state index contributed by atoms with van der Waals surface area (Å²) in [4.78, 5) is 15.8. The molecule has 130 valence electrons. The van der Waals surface area contributed by atoms with Crippen molar-refractivity contribution in [2.24, 2.45) is 5.73 Å². The van der Waals surface area contributed by atoms with Crippen molar-refractivity contribution in [3.8, 4) is 11.6 Å². The van der Waals surface area contributed by atoms with Gasteiger partial charge < -0.3 is 19.9 Å². The molecule has 2 N–H and O–H groups in total. The van der Waals surface area contributed by atoms with Crippen molar-refractivity contribution < 1.29 is 19.0 Å². The van der Waals surface area contributed by atoms with E-state index in [0.29, 0.717) is 18.1 Å². The number of esters is 1. The Morgan fingerprint density at radius 2 is 1.88 bits per heavy atom. The second-order valence-corrected chi connectivity index (χ2v) is 4.95. The summed E-state index contributed by atoms with van der Waals surface area (Å²) in [5.74, 6) is 0.0445. The molecule has 1 heterocycles. The van der Waals surface area contributed by atoms with E-state index in [1.165, 1.54) is 14.2 Å². The highest BCUT2D eigenvalue weighted by Crippen LogP contribution is 2.21. The molecule has 2 aromatic rings. The zero-order valence-corrected chi connectivity index (χ0v) is 14.4. The van der Waals surface area contributed by atoms with E-state index in [1.54, 1.807) is 12.1 Å². The molecule has 0 saturated carbocycles. The summed E-state index contributed by atoms with van der Waals surface area (Å²) in [5.41, 5.74) is 7.28. The van der Waals surface area contributed by atoms with Crippen LogP contribution in [-0.2, 0) is 11.2 Å². The van der Waals surface area contributed by atoms with E-state index in [0.717, 1.165) is 5.56 Å². The number of methoxy groups -OCH3 is 2. The van der Waals surface area contributed by atoms with Gasteiger partial charge in [-0.2, -0.15) is 0 Å². The summed E-state index contributed by atoms with van der Waals surface area (Å²) in [5, 5.41) is 0. The van der Waals surface area contributed by atoms with Crippen molar-refractivity contribution >= 4 is 18.4 Å². The fraction of sp³-hybridized carbons (Fsp3) is 0.294. The smallest absolute Gasteiger partial charge is 0.360 e. The first kappa shape index (κ1) is 19.7. The Hall–Kier alpha value is -2.31. The molecule has 1 aromatic heterocycles. The van der Waals surface area contributed by atoms with E-state index in [-0.39, 0.29) is 30.7 Å². The lowest BCUT2D eigenvalue weighted by Crippen LogP contribution is -2.30. The van der Waals surface area contributed by atoms with Gasteiger partial charge in [0.25, 0.3) is 0 Å². The predicted octanol–water partition coefficient (Wildman–Crippen LogP) is 2.25. The lowest BCUT2D eigenvalue weighted by molar-refractivity contribution is 0.0587. The van der Waals surface area contributed by atoms with Gasteiger partial charge in [-0.3, -0.25) is 0 Å². The van der Waals surface area contributed by atoms with E-state index in [2.05, 4.69) is 4.98 Å². The number of hydrogen-bond acceptors (Lipinski definition) is 6. The monoisotopic (exact) mass is 352 g/mol. The third kappa shape index (κ3) is 5.40. The molecule has 0 spiro atoms. The van der Waals surface area contributed by atoms with Gasteiger partial charge >= 0.3 is 5.97 Å². The average Bonchev–Trinajstić information content (AvgIpc) is 2.60. The molecule has 0 saturated heterocycles. The number of benzene rings is 1. The van der Waals surface area contributed by atoms with Crippen LogP contribution in [0.15, 0.2) is 42.5 Å². The molecule has 0 radical (unpaired) electrons. The van der Waals surface area contributed by atoms with Crippen LogP contribution in [0.25, 0.3) is 0 Å². The Bertz CT molecular complexity index is 652. The lowest BCUT2D eigenvalue weighted by atomic mass is 10.1. The number of aromatic nitrogens is 1. The van der Waals surface area contributed by atoms with Crippen LogP contribution in [0.5, 0.6) is 11.6 Å². The quantitative estimate of drug-likeness (QED) is 0.769. The number of hydrogen-bond donors (Lipinski definition) is 1. The predicted molar refractivity (Wildman–Crippen MR) is 93.0 cm³/mol. The highest BCUT2D eigenvalue weighted by Gasteiger charge is 2.17. The molecule has 1 aromatic carbocycles. The Morgan fingerprint density at radius 1 is 1.17 bits per heavy atom. The number of carbonyl (C=O) groups excluding carboxylic acids is 1. The summed E-state index contributed by atoms with van der Waals surface area (Å²) in [6.45, 7) is 0.257. The number of nitrogens with two attached hydrogens (primary N) is 1. The highest BCUT2D eigenvalue weighted by molar-refractivity contribution is 5.90. The van der Waals surface area contributed by atoms with Crippen molar-refractivity contribution in [3.05, 3.63) is 53.7 Å². The molecule has 1 atom stereocenters. The van der Waals surface area contributed by atoms with Crippen molar-refractivity contribution in [1.29, 1.82) is 0 Å². The zero-order valence-electron chi connectivity index (χ0n) is 13.6. The van der Waals surface area contributed by atoms with Gasteiger partial charge in [-0.05, 0) is 18.1 Å². The Morgan fingerprint density at radius 3 is 2.50 bits per heavy atom. The van der Waals surface area contributed by atoms with Crippen LogP contribution >= 0.6 is 12.4 Å². The molecule has 0 amide bonds. The maximum atomic E-state index is 11.8. The number of ether oxygens (including phenoxy) is 3. The first-order valence-corrected chi connectivity index (χ1v) is 7.19. The van der Waals surface area contributed by atoms with Crippen LogP contribution in [0.2, 0.25) is 0 Å². The van der Waals surface area contributed by atoms with Crippen LogP contribution in [0.4, 0.5) is 0 Å². The van der Waals surface area contributed by atoms with Gasteiger partial charge in [-0.15, -0.1) is 12.4 Å². The summed E-state index contributed by atoms with van der Waals surface area (Å²) in [7, 11) is 2.76. The first-order chi connectivity index (χ1) is 11.1. The van der Waals surface area contributed by atoms with Crippen molar-refractivity contribution in [3.63, 3.8) is 0 Å². The summed E-state index contributed by atoms with van der Waals surface area (Å²) in [6, 6.07) is 12.9. The van der Waals surface area contributed by atoms with E-state index < -0.39 is 5.97 Å². The zero-order chi connectivity index (χ0) is 16.7. The first-order valence-electron chi connectivity index (χ1n) is 7.19. The van der Waals surface area contributed by atoms with E-state index >= 15 is 0 Å². The molecule has 0 fully saturated rings. The molecule has 0 unspecified atom stereocenters. The Labute approximate surface area is 147 Å². The molecular weight excluding hydrogens is 332 g/mol. The van der Waals surface area contributed by atoms with Gasteiger partial charge in [0.2, 0.25) is 5.88 Å². The van der Waals surface area contributed by atoms with Crippen LogP contribution in [0.1, 0.15) is 16.1 Å². The molecular formula is C17H21ClN2O4. The minimum absolute atomic E-state index is 0. The minimum Gasteiger partial charge on any atom is -0.489 e. The maximum absolute atomic E-state index is 11.8. The third-order valence-corrected chi connectivity index (χ3v) is 3.21. The molecule has 6 nitrogen and oxygen atoms in total. The Kier molecular flexibility index (Phi) is 8.01. The van der Waals surface area contributed by atoms with Gasteiger partial charge in [0.05, 0.1) is 14.2 Å². The normalized spacial score (nSPS) is 11.1. The molecule has 7 heteroatoms. The molecule has 2 rings (SSSR count). The highest BCUT2D eigenvalue weighted by atomic mass is 35.5. The standard InChI is InChI=1S/C17H20N2O4.ClH/c1-21-15-9-8-14(16(19-15)17(20)22-2)23-11-13(18)10-12-6-4-3-5-7-12;/h3-9,13H,10-11,18H2,1-2H3;1H/t13-;/m1./s1. The summed E-state index contributed by atoms with van der Waals surface area (Å²) in [6.07, 6.45) is 0.679. The number of nitrogens with zero attached hydrogens (tertiary/aromatic N) is 1. The van der Waals surface area contributed by atoms with Crippen LogP contribution in [0.3, 0.4) is 0 Å². The summed E-state index contributed by atoms with van der Waals surface area (Å²) >= 11 is 0. The number of halogens is 1.